The summed E-state index contributed by atoms with van der Waals surface area (Å²) in [6.07, 6.45) is 4.90. The van der Waals surface area contributed by atoms with E-state index in [9.17, 15) is 0 Å². The van der Waals surface area contributed by atoms with Gasteiger partial charge in [0.2, 0.25) is 0 Å². The van der Waals surface area contributed by atoms with E-state index in [0.717, 1.165) is 36.5 Å². The molecular weight excluding hydrogens is 254 g/mol. The van der Waals surface area contributed by atoms with Crippen LogP contribution in [0.5, 0.6) is 11.5 Å². The summed E-state index contributed by atoms with van der Waals surface area (Å²) in [5.74, 6) is 1.76. The van der Waals surface area contributed by atoms with Crippen molar-refractivity contribution >= 4 is 0 Å². The molecule has 2 rings (SSSR count). The van der Waals surface area contributed by atoms with E-state index in [1.54, 1.807) is 14.2 Å². The summed E-state index contributed by atoms with van der Waals surface area (Å²) in [5.41, 5.74) is 1.15. The molecule has 1 saturated heterocycles. The van der Waals surface area contributed by atoms with E-state index in [1.807, 2.05) is 19.2 Å². The van der Waals surface area contributed by atoms with Gasteiger partial charge in [0.25, 0.3) is 0 Å². The standard InChI is InChI=1S/C16H25NO3/c1-17-15(8-6-12-5-4-10-20-12)14-11-13(18-2)7-9-16(14)19-3/h7,9,11-12,15,17H,4-6,8,10H2,1-3H3. The molecule has 0 saturated carbocycles. The zero-order valence-corrected chi connectivity index (χ0v) is 12.6. The average Bonchev–Trinajstić information content (AvgIpc) is 3.01. The summed E-state index contributed by atoms with van der Waals surface area (Å²) in [5, 5.41) is 3.38. The summed E-state index contributed by atoms with van der Waals surface area (Å²) < 4.78 is 16.5. The van der Waals surface area contributed by atoms with Gasteiger partial charge in [-0.05, 0) is 50.9 Å². The van der Waals surface area contributed by atoms with Crippen LogP contribution in [0.15, 0.2) is 18.2 Å². The molecule has 20 heavy (non-hydrogen) atoms. The normalized spacial score (nSPS) is 19.9. The fourth-order valence-corrected chi connectivity index (χ4v) is 2.79. The van der Waals surface area contributed by atoms with E-state index in [1.165, 1.54) is 12.8 Å². The van der Waals surface area contributed by atoms with Gasteiger partial charge in [0.05, 0.1) is 20.3 Å². The molecule has 4 heteroatoms. The predicted molar refractivity (Wildman–Crippen MR) is 79.6 cm³/mol. The topological polar surface area (TPSA) is 39.7 Å². The zero-order chi connectivity index (χ0) is 14.4. The van der Waals surface area contributed by atoms with Gasteiger partial charge >= 0.3 is 0 Å². The highest BCUT2D eigenvalue weighted by Crippen LogP contribution is 2.32. The minimum atomic E-state index is 0.254. The van der Waals surface area contributed by atoms with E-state index in [2.05, 4.69) is 11.4 Å². The highest BCUT2D eigenvalue weighted by molar-refractivity contribution is 5.42. The Hall–Kier alpha value is -1.26. The van der Waals surface area contributed by atoms with Crippen LogP contribution in [0, 0.1) is 0 Å². The Morgan fingerprint density at radius 2 is 2.20 bits per heavy atom. The number of rotatable bonds is 7. The lowest BCUT2D eigenvalue weighted by molar-refractivity contribution is 0.0997. The van der Waals surface area contributed by atoms with Crippen LogP contribution in [0.3, 0.4) is 0 Å². The first-order valence-corrected chi connectivity index (χ1v) is 7.29. The molecule has 1 fully saturated rings. The molecule has 0 bridgehead atoms. The zero-order valence-electron chi connectivity index (χ0n) is 12.6. The molecule has 1 aromatic rings. The Balaban J connectivity index is 2.08. The third kappa shape index (κ3) is 3.64. The van der Waals surface area contributed by atoms with Crippen LogP contribution in [0.1, 0.15) is 37.3 Å². The summed E-state index contributed by atoms with van der Waals surface area (Å²) >= 11 is 0. The fourth-order valence-electron chi connectivity index (χ4n) is 2.79. The molecule has 112 valence electrons. The highest BCUT2D eigenvalue weighted by Gasteiger charge is 2.20. The first-order chi connectivity index (χ1) is 9.78. The van der Waals surface area contributed by atoms with Crippen LogP contribution in [-0.4, -0.2) is 34.0 Å². The summed E-state index contributed by atoms with van der Waals surface area (Å²) in [7, 11) is 5.38. The van der Waals surface area contributed by atoms with Crippen molar-refractivity contribution in [1.29, 1.82) is 0 Å². The molecule has 0 amide bonds. The van der Waals surface area contributed by atoms with E-state index in [0.29, 0.717) is 6.10 Å². The Bertz CT molecular complexity index is 416. The minimum absolute atomic E-state index is 0.254. The molecule has 1 aliphatic rings. The van der Waals surface area contributed by atoms with Crippen molar-refractivity contribution < 1.29 is 14.2 Å². The van der Waals surface area contributed by atoms with Crippen molar-refractivity contribution in [3.63, 3.8) is 0 Å². The molecule has 0 aromatic heterocycles. The second-order valence-corrected chi connectivity index (χ2v) is 5.16. The van der Waals surface area contributed by atoms with Crippen LogP contribution in [0.2, 0.25) is 0 Å². The van der Waals surface area contributed by atoms with Gasteiger partial charge in [0.1, 0.15) is 11.5 Å². The van der Waals surface area contributed by atoms with Crippen LogP contribution in [0.25, 0.3) is 0 Å². The largest absolute Gasteiger partial charge is 0.497 e. The number of methoxy groups -OCH3 is 2. The molecule has 0 spiro atoms. The average molecular weight is 279 g/mol. The second kappa shape index (κ2) is 7.50. The van der Waals surface area contributed by atoms with Gasteiger partial charge in [0.15, 0.2) is 0 Å². The van der Waals surface area contributed by atoms with Crippen molar-refractivity contribution in [3.05, 3.63) is 23.8 Å². The van der Waals surface area contributed by atoms with Gasteiger partial charge in [-0.25, -0.2) is 0 Å². The molecule has 0 radical (unpaired) electrons. The third-order valence-corrected chi connectivity index (χ3v) is 3.96. The number of hydrogen-bond donors (Lipinski definition) is 1. The molecule has 1 aliphatic heterocycles. The Morgan fingerprint density at radius 1 is 1.35 bits per heavy atom. The van der Waals surface area contributed by atoms with Crippen LogP contribution in [-0.2, 0) is 4.74 Å². The van der Waals surface area contributed by atoms with E-state index >= 15 is 0 Å². The minimum Gasteiger partial charge on any atom is -0.497 e. The van der Waals surface area contributed by atoms with Gasteiger partial charge in [-0.2, -0.15) is 0 Å². The maximum Gasteiger partial charge on any atom is 0.123 e. The molecule has 1 N–H and O–H groups in total. The summed E-state index contributed by atoms with van der Waals surface area (Å²) in [6.45, 7) is 0.914. The molecular formula is C16H25NO3. The van der Waals surface area contributed by atoms with Crippen molar-refractivity contribution in [2.45, 2.75) is 37.8 Å². The Labute approximate surface area is 121 Å². The molecule has 0 aliphatic carbocycles. The van der Waals surface area contributed by atoms with Gasteiger partial charge in [-0.3, -0.25) is 0 Å². The van der Waals surface area contributed by atoms with Crippen molar-refractivity contribution in [2.75, 3.05) is 27.9 Å². The third-order valence-electron chi connectivity index (χ3n) is 3.96. The first-order valence-electron chi connectivity index (χ1n) is 7.29. The molecule has 2 atom stereocenters. The van der Waals surface area contributed by atoms with Crippen LogP contribution >= 0.6 is 0 Å². The molecule has 1 aromatic carbocycles. The van der Waals surface area contributed by atoms with E-state index < -0.39 is 0 Å². The SMILES string of the molecule is CNC(CCC1CCCO1)c1cc(OC)ccc1OC. The van der Waals surface area contributed by atoms with Crippen LogP contribution in [0.4, 0.5) is 0 Å². The van der Waals surface area contributed by atoms with Crippen molar-refractivity contribution in [2.24, 2.45) is 0 Å². The molecule has 2 unspecified atom stereocenters. The van der Waals surface area contributed by atoms with Gasteiger partial charge in [0, 0.05) is 18.2 Å². The van der Waals surface area contributed by atoms with Crippen molar-refractivity contribution in [3.8, 4) is 11.5 Å². The maximum absolute atomic E-state index is 5.70. The van der Waals surface area contributed by atoms with Crippen molar-refractivity contribution in [1.82, 2.24) is 5.32 Å². The van der Waals surface area contributed by atoms with E-state index in [-0.39, 0.29) is 6.04 Å². The first kappa shape index (κ1) is 15.1. The van der Waals surface area contributed by atoms with Gasteiger partial charge < -0.3 is 19.5 Å². The monoisotopic (exact) mass is 279 g/mol. The second-order valence-electron chi connectivity index (χ2n) is 5.16. The molecule has 4 nitrogen and oxygen atoms in total. The van der Waals surface area contributed by atoms with Crippen LogP contribution < -0.4 is 14.8 Å². The quantitative estimate of drug-likeness (QED) is 0.833. The van der Waals surface area contributed by atoms with Gasteiger partial charge in [-0.1, -0.05) is 0 Å². The molecule has 1 heterocycles. The summed E-state index contributed by atoms with van der Waals surface area (Å²) in [4.78, 5) is 0. The number of benzene rings is 1. The number of nitrogens with one attached hydrogen (secondary N) is 1. The van der Waals surface area contributed by atoms with E-state index in [4.69, 9.17) is 14.2 Å². The fraction of sp³-hybridized carbons (Fsp3) is 0.625. The number of hydrogen-bond acceptors (Lipinski definition) is 4. The van der Waals surface area contributed by atoms with Gasteiger partial charge in [-0.15, -0.1) is 0 Å². The lowest BCUT2D eigenvalue weighted by atomic mass is 9.98. The Morgan fingerprint density at radius 3 is 2.80 bits per heavy atom. The summed E-state index contributed by atoms with van der Waals surface area (Å²) in [6, 6.07) is 6.19. The lowest BCUT2D eigenvalue weighted by Crippen LogP contribution is -2.19. The maximum atomic E-state index is 5.70. The Kier molecular flexibility index (Phi) is 5.68. The predicted octanol–water partition coefficient (Wildman–Crippen LogP) is 2.92. The number of ether oxygens (including phenoxy) is 3. The lowest BCUT2D eigenvalue weighted by Gasteiger charge is -2.21. The smallest absolute Gasteiger partial charge is 0.123 e. The highest BCUT2D eigenvalue weighted by atomic mass is 16.5.